The third-order valence-corrected chi connectivity index (χ3v) is 4.09. The number of hydrogen-bond donors (Lipinski definition) is 2. The Hall–Kier alpha value is -0.940. The number of hydrogen-bond acceptors (Lipinski definition) is 4. The molecule has 1 unspecified atom stereocenters. The maximum atomic E-state index is 12.1. The predicted molar refractivity (Wildman–Crippen MR) is 64.2 cm³/mol. The minimum atomic E-state index is -0.190. The van der Waals surface area contributed by atoms with E-state index in [0.717, 1.165) is 30.8 Å². The molecule has 2 heterocycles. The van der Waals surface area contributed by atoms with E-state index in [9.17, 15) is 4.79 Å². The van der Waals surface area contributed by atoms with Gasteiger partial charge in [-0.1, -0.05) is 6.92 Å². The number of amides is 1. The summed E-state index contributed by atoms with van der Waals surface area (Å²) in [5.41, 5.74) is 1.60. The summed E-state index contributed by atoms with van der Waals surface area (Å²) in [6, 6.07) is 0. The number of carbonyl (C=O) groups excluding carboxylic acids is 1. The van der Waals surface area contributed by atoms with E-state index in [1.807, 2.05) is 0 Å². The zero-order chi connectivity index (χ0) is 11.4. The largest absolute Gasteiger partial charge is 0.351 e. The van der Waals surface area contributed by atoms with Crippen molar-refractivity contribution >= 4 is 17.2 Å². The minimum Gasteiger partial charge on any atom is -0.351 e. The predicted octanol–water partition coefficient (Wildman–Crippen LogP) is 1.15. The van der Waals surface area contributed by atoms with Crippen molar-refractivity contribution in [3.63, 3.8) is 0 Å². The Kier molecular flexibility index (Phi) is 3.56. The van der Waals surface area contributed by atoms with Gasteiger partial charge in [-0.15, -0.1) is 11.3 Å². The lowest BCUT2D eigenvalue weighted by molar-refractivity contribution is -0.130. The highest BCUT2D eigenvalue weighted by Gasteiger charge is 2.39. The number of carbonyl (C=O) groups is 1. The van der Waals surface area contributed by atoms with Crippen LogP contribution < -0.4 is 10.6 Å². The van der Waals surface area contributed by atoms with Gasteiger partial charge in [0.1, 0.15) is 0 Å². The van der Waals surface area contributed by atoms with Crippen LogP contribution in [0.25, 0.3) is 0 Å². The number of nitrogens with one attached hydrogen (secondary N) is 2. The quantitative estimate of drug-likeness (QED) is 0.828. The molecule has 0 spiro atoms. The van der Waals surface area contributed by atoms with Crippen LogP contribution in [0, 0.1) is 5.41 Å². The molecule has 1 aromatic rings. The van der Waals surface area contributed by atoms with Crippen LogP contribution in [-0.2, 0) is 11.3 Å². The molecule has 1 fully saturated rings. The first-order chi connectivity index (χ1) is 7.77. The van der Waals surface area contributed by atoms with E-state index >= 15 is 0 Å². The van der Waals surface area contributed by atoms with Gasteiger partial charge in [0.15, 0.2) is 0 Å². The van der Waals surface area contributed by atoms with Gasteiger partial charge >= 0.3 is 0 Å². The van der Waals surface area contributed by atoms with Crippen LogP contribution in [0.2, 0.25) is 0 Å². The third-order valence-electron chi connectivity index (χ3n) is 3.31. The average molecular weight is 239 g/mol. The number of nitrogens with zero attached hydrogens (tertiary/aromatic N) is 1. The van der Waals surface area contributed by atoms with Crippen molar-refractivity contribution < 1.29 is 4.79 Å². The van der Waals surface area contributed by atoms with Gasteiger partial charge in [-0.2, -0.15) is 0 Å². The van der Waals surface area contributed by atoms with Gasteiger partial charge in [0.05, 0.1) is 17.5 Å². The lowest BCUT2D eigenvalue weighted by Gasteiger charge is -2.24. The van der Waals surface area contributed by atoms with Crippen LogP contribution in [0.5, 0.6) is 0 Å². The monoisotopic (exact) mass is 239 g/mol. The zero-order valence-electron chi connectivity index (χ0n) is 9.45. The van der Waals surface area contributed by atoms with Crippen LogP contribution in [-0.4, -0.2) is 24.0 Å². The normalized spacial score (nSPS) is 24.6. The fraction of sp³-hybridized carbons (Fsp3) is 0.636. The second-order valence-electron chi connectivity index (χ2n) is 4.21. The maximum Gasteiger partial charge on any atom is 0.227 e. The first-order valence-electron chi connectivity index (χ1n) is 5.63. The van der Waals surface area contributed by atoms with Crippen molar-refractivity contribution in [1.29, 1.82) is 0 Å². The Bertz CT molecular complexity index is 344. The summed E-state index contributed by atoms with van der Waals surface area (Å²) in [6.45, 7) is 4.43. The van der Waals surface area contributed by atoms with Gasteiger partial charge in [0.25, 0.3) is 0 Å². The highest BCUT2D eigenvalue weighted by atomic mass is 32.1. The summed E-state index contributed by atoms with van der Waals surface area (Å²) >= 11 is 1.57. The van der Waals surface area contributed by atoms with Gasteiger partial charge in [-0.3, -0.25) is 9.78 Å². The lowest BCUT2D eigenvalue weighted by Crippen LogP contribution is -2.41. The topological polar surface area (TPSA) is 54.0 Å². The van der Waals surface area contributed by atoms with Crippen molar-refractivity contribution in [1.82, 2.24) is 15.6 Å². The van der Waals surface area contributed by atoms with Gasteiger partial charge in [0, 0.05) is 17.6 Å². The molecular formula is C11H17N3OS. The second-order valence-corrected chi connectivity index (χ2v) is 5.18. The van der Waals surface area contributed by atoms with E-state index in [4.69, 9.17) is 0 Å². The standard InChI is InChI=1S/C11H17N3OS/c1-2-11(3-4-12-7-11)10(15)14-6-9-5-13-8-16-9/h5,8,12H,2-4,6-7H2,1H3,(H,14,15). The van der Waals surface area contributed by atoms with Gasteiger partial charge < -0.3 is 10.6 Å². The van der Waals surface area contributed by atoms with Gasteiger partial charge in [-0.25, -0.2) is 0 Å². The number of aromatic nitrogens is 1. The molecule has 1 saturated heterocycles. The number of thiazole rings is 1. The molecule has 1 aliphatic heterocycles. The molecular weight excluding hydrogens is 222 g/mol. The van der Waals surface area contributed by atoms with E-state index in [1.54, 1.807) is 23.0 Å². The summed E-state index contributed by atoms with van der Waals surface area (Å²) in [4.78, 5) is 17.2. The Morgan fingerprint density at radius 2 is 2.62 bits per heavy atom. The van der Waals surface area contributed by atoms with Crippen LogP contribution in [0.3, 0.4) is 0 Å². The van der Waals surface area contributed by atoms with Crippen molar-refractivity contribution in [3.05, 3.63) is 16.6 Å². The minimum absolute atomic E-state index is 0.174. The van der Waals surface area contributed by atoms with E-state index in [-0.39, 0.29) is 11.3 Å². The smallest absolute Gasteiger partial charge is 0.227 e. The molecule has 0 radical (unpaired) electrons. The maximum absolute atomic E-state index is 12.1. The fourth-order valence-corrected chi connectivity index (χ4v) is 2.62. The summed E-state index contributed by atoms with van der Waals surface area (Å²) in [5.74, 6) is 0.174. The van der Waals surface area contributed by atoms with Crippen LogP contribution in [0.4, 0.5) is 0 Å². The summed E-state index contributed by atoms with van der Waals surface area (Å²) in [6.07, 6.45) is 3.64. The van der Waals surface area contributed by atoms with E-state index in [2.05, 4.69) is 22.5 Å². The van der Waals surface area contributed by atoms with E-state index < -0.39 is 0 Å². The molecule has 88 valence electrons. The summed E-state index contributed by atoms with van der Waals surface area (Å²) in [5, 5.41) is 6.28. The molecule has 0 aromatic carbocycles. The first-order valence-corrected chi connectivity index (χ1v) is 6.51. The van der Waals surface area contributed by atoms with Crippen LogP contribution in [0.15, 0.2) is 11.7 Å². The van der Waals surface area contributed by atoms with E-state index in [1.165, 1.54) is 0 Å². The Balaban J connectivity index is 1.91. The van der Waals surface area contributed by atoms with Crippen molar-refractivity contribution in [2.24, 2.45) is 5.41 Å². The molecule has 2 rings (SSSR count). The SMILES string of the molecule is CCC1(C(=O)NCc2cncs2)CCNC1. The lowest BCUT2D eigenvalue weighted by atomic mass is 9.83. The van der Waals surface area contributed by atoms with Gasteiger partial charge in [0.2, 0.25) is 5.91 Å². The molecule has 0 aliphatic carbocycles. The fourth-order valence-electron chi connectivity index (χ4n) is 2.08. The van der Waals surface area contributed by atoms with Crippen LogP contribution >= 0.6 is 11.3 Å². The average Bonchev–Trinajstić information content (AvgIpc) is 2.97. The van der Waals surface area contributed by atoms with Crippen molar-refractivity contribution in [2.75, 3.05) is 13.1 Å². The number of rotatable bonds is 4. The molecule has 0 saturated carbocycles. The Morgan fingerprint density at radius 3 is 3.19 bits per heavy atom. The molecule has 1 amide bonds. The molecule has 0 bridgehead atoms. The molecule has 16 heavy (non-hydrogen) atoms. The Labute approximate surface area is 99.5 Å². The second kappa shape index (κ2) is 4.93. The van der Waals surface area contributed by atoms with E-state index in [0.29, 0.717) is 6.54 Å². The molecule has 4 nitrogen and oxygen atoms in total. The van der Waals surface area contributed by atoms with Crippen molar-refractivity contribution in [2.45, 2.75) is 26.3 Å². The highest BCUT2D eigenvalue weighted by Crippen LogP contribution is 2.29. The zero-order valence-corrected chi connectivity index (χ0v) is 10.3. The molecule has 1 aliphatic rings. The summed E-state index contributed by atoms with van der Waals surface area (Å²) in [7, 11) is 0. The van der Waals surface area contributed by atoms with Crippen LogP contribution in [0.1, 0.15) is 24.6 Å². The molecule has 1 atom stereocenters. The van der Waals surface area contributed by atoms with Gasteiger partial charge in [-0.05, 0) is 19.4 Å². The molecule has 2 N–H and O–H groups in total. The molecule has 5 heteroatoms. The van der Waals surface area contributed by atoms with Crippen molar-refractivity contribution in [3.8, 4) is 0 Å². The first kappa shape index (κ1) is 11.5. The Morgan fingerprint density at radius 1 is 1.75 bits per heavy atom. The molecule has 1 aromatic heterocycles. The highest BCUT2D eigenvalue weighted by molar-refractivity contribution is 7.09. The third kappa shape index (κ3) is 2.25. The summed E-state index contributed by atoms with van der Waals surface area (Å²) < 4.78 is 0.